The minimum atomic E-state index is -0.240. The summed E-state index contributed by atoms with van der Waals surface area (Å²) in [5.41, 5.74) is 2.90. The molecule has 5 nitrogen and oxygen atoms in total. The highest BCUT2D eigenvalue weighted by Gasteiger charge is 2.10. The van der Waals surface area contributed by atoms with Crippen LogP contribution in [0.5, 0.6) is 5.75 Å². The highest BCUT2D eigenvalue weighted by molar-refractivity contribution is 5.93. The number of aromatic nitrogens is 1. The second-order valence-electron chi connectivity index (χ2n) is 5.72. The van der Waals surface area contributed by atoms with Gasteiger partial charge in [-0.15, -0.1) is 0 Å². The summed E-state index contributed by atoms with van der Waals surface area (Å²) >= 11 is 0. The Morgan fingerprint density at radius 2 is 1.69 bits per heavy atom. The first kappa shape index (κ1) is 15.9. The molecule has 0 aliphatic heterocycles. The number of nitrogens with zero attached hydrogens (tertiary/aromatic N) is 1. The molecule has 4 aromatic rings. The molecule has 0 radical (unpaired) electrons. The van der Waals surface area contributed by atoms with Crippen LogP contribution in [0.2, 0.25) is 0 Å². The number of anilines is 1. The molecule has 128 valence electrons. The number of para-hydroxylation sites is 1. The van der Waals surface area contributed by atoms with Gasteiger partial charge in [0.1, 0.15) is 11.3 Å². The topological polar surface area (TPSA) is 64.4 Å². The van der Waals surface area contributed by atoms with Crippen molar-refractivity contribution in [2.75, 3.05) is 11.9 Å². The van der Waals surface area contributed by atoms with Gasteiger partial charge in [-0.3, -0.25) is 4.79 Å². The first-order valence-electron chi connectivity index (χ1n) is 8.22. The lowest BCUT2D eigenvalue weighted by Crippen LogP contribution is -2.20. The second kappa shape index (κ2) is 7.11. The first-order chi connectivity index (χ1) is 12.8. The van der Waals surface area contributed by atoms with Gasteiger partial charge in [-0.1, -0.05) is 36.4 Å². The molecular weight excluding hydrogens is 328 g/mol. The molecule has 0 bridgehead atoms. The van der Waals surface area contributed by atoms with Crippen molar-refractivity contribution >= 4 is 22.7 Å². The van der Waals surface area contributed by atoms with Crippen molar-refractivity contribution in [1.29, 1.82) is 0 Å². The molecule has 1 N–H and O–H groups in total. The van der Waals surface area contributed by atoms with Crippen LogP contribution in [0, 0.1) is 0 Å². The number of amides is 1. The van der Waals surface area contributed by atoms with Crippen LogP contribution < -0.4 is 10.1 Å². The van der Waals surface area contributed by atoms with Crippen molar-refractivity contribution in [2.45, 2.75) is 0 Å². The van der Waals surface area contributed by atoms with Crippen LogP contribution in [0.25, 0.3) is 22.6 Å². The molecule has 1 heterocycles. The van der Waals surface area contributed by atoms with Crippen molar-refractivity contribution in [1.82, 2.24) is 4.98 Å². The smallest absolute Gasteiger partial charge is 0.262 e. The van der Waals surface area contributed by atoms with E-state index < -0.39 is 0 Å². The minimum absolute atomic E-state index is 0.0618. The molecule has 0 saturated carbocycles. The fourth-order valence-corrected chi connectivity index (χ4v) is 2.57. The van der Waals surface area contributed by atoms with Crippen molar-refractivity contribution in [2.24, 2.45) is 0 Å². The standard InChI is InChI=1S/C21H16N2O3/c24-20(14-25-17-9-5-2-6-10-17)22-16-11-12-18-19(13-16)26-21(23-18)15-7-3-1-4-8-15/h1-13H,14H2,(H,22,24). The number of nitrogens with one attached hydrogen (secondary N) is 1. The fraction of sp³-hybridized carbons (Fsp3) is 0.0476. The van der Waals surface area contributed by atoms with Gasteiger partial charge >= 0.3 is 0 Å². The third-order valence-corrected chi connectivity index (χ3v) is 3.81. The highest BCUT2D eigenvalue weighted by atomic mass is 16.5. The van der Waals surface area contributed by atoms with E-state index in [9.17, 15) is 4.79 Å². The number of carbonyl (C=O) groups excluding carboxylic acids is 1. The van der Waals surface area contributed by atoms with Crippen LogP contribution in [0.4, 0.5) is 5.69 Å². The predicted octanol–water partition coefficient (Wildman–Crippen LogP) is 4.51. The SMILES string of the molecule is O=C(COc1ccccc1)Nc1ccc2nc(-c3ccccc3)oc2c1. The number of oxazole rings is 1. The van der Waals surface area contributed by atoms with Gasteiger partial charge in [0.15, 0.2) is 12.2 Å². The normalized spacial score (nSPS) is 10.6. The minimum Gasteiger partial charge on any atom is -0.484 e. The number of hydrogen-bond donors (Lipinski definition) is 1. The Hall–Kier alpha value is -3.60. The average molecular weight is 344 g/mol. The van der Waals surface area contributed by atoms with Crippen LogP contribution in [-0.4, -0.2) is 17.5 Å². The highest BCUT2D eigenvalue weighted by Crippen LogP contribution is 2.26. The zero-order valence-electron chi connectivity index (χ0n) is 13.9. The Balaban J connectivity index is 1.46. The van der Waals surface area contributed by atoms with Crippen molar-refractivity contribution in [3.63, 3.8) is 0 Å². The van der Waals surface area contributed by atoms with E-state index in [0.29, 0.717) is 22.9 Å². The van der Waals surface area contributed by atoms with Gasteiger partial charge in [0.05, 0.1) is 0 Å². The predicted molar refractivity (Wildman–Crippen MR) is 100 cm³/mol. The average Bonchev–Trinajstić information content (AvgIpc) is 3.11. The molecule has 0 saturated heterocycles. The Labute approximate surface area is 150 Å². The van der Waals surface area contributed by atoms with Gasteiger partial charge in [0.2, 0.25) is 5.89 Å². The lowest BCUT2D eigenvalue weighted by atomic mass is 10.2. The summed E-state index contributed by atoms with van der Waals surface area (Å²) in [5, 5.41) is 2.80. The van der Waals surface area contributed by atoms with Crippen molar-refractivity contribution in [3.05, 3.63) is 78.9 Å². The molecule has 5 heteroatoms. The molecular formula is C21H16N2O3. The lowest BCUT2D eigenvalue weighted by Gasteiger charge is -2.07. The number of ether oxygens (including phenoxy) is 1. The summed E-state index contributed by atoms with van der Waals surface area (Å²) in [4.78, 5) is 16.5. The van der Waals surface area contributed by atoms with Crippen LogP contribution in [0.1, 0.15) is 0 Å². The van der Waals surface area contributed by atoms with Gasteiger partial charge in [-0.05, 0) is 36.4 Å². The monoisotopic (exact) mass is 344 g/mol. The Kier molecular flexibility index (Phi) is 4.35. The van der Waals surface area contributed by atoms with Gasteiger partial charge in [0.25, 0.3) is 5.91 Å². The van der Waals surface area contributed by atoms with Crippen LogP contribution in [-0.2, 0) is 4.79 Å². The van der Waals surface area contributed by atoms with Crippen LogP contribution in [0.15, 0.2) is 83.3 Å². The molecule has 0 fully saturated rings. The Morgan fingerprint density at radius 1 is 0.962 bits per heavy atom. The van der Waals surface area contributed by atoms with Crippen molar-refractivity contribution < 1.29 is 13.9 Å². The van der Waals surface area contributed by atoms with Gasteiger partial charge in [-0.2, -0.15) is 0 Å². The van der Waals surface area contributed by atoms with E-state index in [1.165, 1.54) is 0 Å². The quantitative estimate of drug-likeness (QED) is 0.578. The first-order valence-corrected chi connectivity index (χ1v) is 8.22. The molecule has 1 aromatic heterocycles. The zero-order chi connectivity index (χ0) is 17.8. The number of carbonyl (C=O) groups is 1. The molecule has 1 amide bonds. The Morgan fingerprint density at radius 3 is 2.46 bits per heavy atom. The van der Waals surface area contributed by atoms with E-state index in [1.54, 1.807) is 24.3 Å². The molecule has 0 aliphatic rings. The lowest BCUT2D eigenvalue weighted by molar-refractivity contribution is -0.118. The summed E-state index contributed by atoms with van der Waals surface area (Å²) < 4.78 is 11.3. The van der Waals surface area contributed by atoms with Gasteiger partial charge < -0.3 is 14.5 Å². The summed E-state index contributed by atoms with van der Waals surface area (Å²) in [6, 6.07) is 24.3. The maximum absolute atomic E-state index is 12.1. The number of hydrogen-bond acceptors (Lipinski definition) is 4. The fourth-order valence-electron chi connectivity index (χ4n) is 2.57. The van der Waals surface area contributed by atoms with Crippen LogP contribution in [0.3, 0.4) is 0 Å². The van der Waals surface area contributed by atoms with E-state index >= 15 is 0 Å². The maximum atomic E-state index is 12.1. The number of benzene rings is 3. The molecule has 0 unspecified atom stereocenters. The zero-order valence-corrected chi connectivity index (χ0v) is 13.9. The van der Waals surface area contributed by atoms with E-state index in [-0.39, 0.29) is 12.5 Å². The third-order valence-electron chi connectivity index (χ3n) is 3.81. The van der Waals surface area contributed by atoms with E-state index in [4.69, 9.17) is 9.15 Å². The molecule has 26 heavy (non-hydrogen) atoms. The molecule has 0 aliphatic carbocycles. The summed E-state index contributed by atoms with van der Waals surface area (Å²) in [6.45, 7) is -0.0618. The van der Waals surface area contributed by atoms with E-state index in [2.05, 4.69) is 10.3 Å². The summed E-state index contributed by atoms with van der Waals surface area (Å²) in [6.07, 6.45) is 0. The Bertz CT molecular complexity index is 1030. The summed E-state index contributed by atoms with van der Waals surface area (Å²) in [7, 11) is 0. The maximum Gasteiger partial charge on any atom is 0.262 e. The molecule has 0 atom stereocenters. The number of rotatable bonds is 5. The second-order valence-corrected chi connectivity index (χ2v) is 5.72. The van der Waals surface area contributed by atoms with Crippen LogP contribution >= 0.6 is 0 Å². The molecule has 0 spiro atoms. The van der Waals surface area contributed by atoms with Gasteiger partial charge in [0, 0.05) is 17.3 Å². The number of fused-ring (bicyclic) bond motifs is 1. The molecule has 4 rings (SSSR count). The van der Waals surface area contributed by atoms with E-state index in [1.807, 2.05) is 54.6 Å². The summed E-state index contributed by atoms with van der Waals surface area (Å²) in [5.74, 6) is 0.966. The largest absolute Gasteiger partial charge is 0.484 e. The third kappa shape index (κ3) is 3.57. The van der Waals surface area contributed by atoms with E-state index in [0.717, 1.165) is 11.1 Å². The van der Waals surface area contributed by atoms with Gasteiger partial charge in [-0.25, -0.2) is 4.98 Å². The van der Waals surface area contributed by atoms with Crippen molar-refractivity contribution in [3.8, 4) is 17.2 Å². The molecule has 3 aromatic carbocycles.